The molecule has 6 nitrogen and oxygen atoms in total. The van der Waals surface area contributed by atoms with Crippen molar-refractivity contribution in [3.63, 3.8) is 0 Å². The van der Waals surface area contributed by atoms with Gasteiger partial charge < -0.3 is 15.4 Å². The van der Waals surface area contributed by atoms with E-state index in [2.05, 4.69) is 10.6 Å². The van der Waals surface area contributed by atoms with Gasteiger partial charge in [-0.25, -0.2) is 4.79 Å². The second kappa shape index (κ2) is 14.1. The molecule has 4 rings (SSSR count). The summed E-state index contributed by atoms with van der Waals surface area (Å²) in [6.07, 6.45) is 1.77. The molecule has 0 fully saturated rings. The van der Waals surface area contributed by atoms with Gasteiger partial charge in [0.05, 0.1) is 12.2 Å². The van der Waals surface area contributed by atoms with E-state index in [0.717, 1.165) is 28.9 Å². The van der Waals surface area contributed by atoms with E-state index in [4.69, 9.17) is 4.74 Å². The monoisotopic (exact) mass is 552 g/mol. The Kier molecular flexibility index (Phi) is 10.1. The topological polar surface area (TPSA) is 84.5 Å². The van der Waals surface area contributed by atoms with Gasteiger partial charge in [0, 0.05) is 21.8 Å². The number of hydrogen-bond acceptors (Lipinski definition) is 5. The Balaban J connectivity index is 1.47. The van der Waals surface area contributed by atoms with Gasteiger partial charge in [-0.05, 0) is 73.5 Å². The number of carbonyl (C=O) groups is 3. The molecule has 0 aromatic heterocycles. The van der Waals surface area contributed by atoms with Crippen LogP contribution in [0.25, 0.3) is 0 Å². The third-order valence-corrected chi connectivity index (χ3v) is 7.33. The minimum absolute atomic E-state index is 0.194. The molecule has 0 saturated carbocycles. The molecule has 2 N–H and O–H groups in total. The Labute approximate surface area is 239 Å². The molecule has 0 aliphatic heterocycles. The van der Waals surface area contributed by atoms with E-state index in [1.54, 1.807) is 30.3 Å². The number of thioether (sulfide) groups is 1. The molecule has 4 aromatic rings. The van der Waals surface area contributed by atoms with E-state index in [1.165, 1.54) is 11.8 Å². The third-order valence-electron chi connectivity index (χ3n) is 6.09. The molecule has 40 heavy (non-hydrogen) atoms. The average molecular weight is 553 g/mol. The SMILES string of the molecule is CCCCOC(=O)c1ccc(NC(=O)C(Sc2cccc(NC(=O)c3cccc(C)c3)c2)c2ccccc2)cc1. The van der Waals surface area contributed by atoms with Crippen molar-refractivity contribution >= 4 is 40.9 Å². The van der Waals surface area contributed by atoms with Crippen LogP contribution in [-0.4, -0.2) is 24.4 Å². The van der Waals surface area contributed by atoms with Gasteiger partial charge in [-0.15, -0.1) is 11.8 Å². The van der Waals surface area contributed by atoms with Crippen LogP contribution in [0.3, 0.4) is 0 Å². The highest BCUT2D eigenvalue weighted by molar-refractivity contribution is 8.00. The third kappa shape index (κ3) is 8.07. The van der Waals surface area contributed by atoms with Crippen molar-refractivity contribution in [1.29, 1.82) is 0 Å². The Hall–Kier alpha value is -4.36. The zero-order chi connectivity index (χ0) is 28.3. The molecule has 0 heterocycles. The van der Waals surface area contributed by atoms with Gasteiger partial charge in [-0.2, -0.15) is 0 Å². The molecule has 0 spiro atoms. The maximum absolute atomic E-state index is 13.5. The first-order valence-electron chi connectivity index (χ1n) is 13.2. The standard InChI is InChI=1S/C33H32N2O4S/c1-3-4-20-39-33(38)25-16-18-27(19-17-25)34-32(37)30(24-11-6-5-7-12-24)40-29-15-9-14-28(22-29)35-31(36)26-13-8-10-23(2)21-26/h5-19,21-22,30H,3-4,20H2,1-2H3,(H,34,37)(H,35,36). The van der Waals surface area contributed by atoms with Crippen LogP contribution in [0.2, 0.25) is 0 Å². The van der Waals surface area contributed by atoms with E-state index in [1.807, 2.05) is 86.6 Å². The van der Waals surface area contributed by atoms with Crippen molar-refractivity contribution in [2.24, 2.45) is 0 Å². The van der Waals surface area contributed by atoms with Crippen molar-refractivity contribution < 1.29 is 19.1 Å². The minimum atomic E-state index is -0.553. The van der Waals surface area contributed by atoms with E-state index < -0.39 is 5.25 Å². The summed E-state index contributed by atoms with van der Waals surface area (Å²) in [6.45, 7) is 4.37. The summed E-state index contributed by atoms with van der Waals surface area (Å²) in [5.74, 6) is -0.775. The number of ether oxygens (including phenoxy) is 1. The second-order valence-electron chi connectivity index (χ2n) is 9.32. The fraction of sp³-hybridized carbons (Fsp3) is 0.182. The molecular formula is C33H32N2O4S. The number of carbonyl (C=O) groups excluding carboxylic acids is 3. The van der Waals surface area contributed by atoms with E-state index in [-0.39, 0.29) is 17.8 Å². The Morgan fingerprint density at radius 3 is 2.25 bits per heavy atom. The van der Waals surface area contributed by atoms with E-state index in [0.29, 0.717) is 29.1 Å². The zero-order valence-electron chi connectivity index (χ0n) is 22.6. The fourth-order valence-corrected chi connectivity index (χ4v) is 5.05. The summed E-state index contributed by atoms with van der Waals surface area (Å²) in [4.78, 5) is 39.3. The van der Waals surface area contributed by atoms with Gasteiger partial charge >= 0.3 is 5.97 Å². The summed E-state index contributed by atoms with van der Waals surface area (Å²) >= 11 is 1.39. The highest BCUT2D eigenvalue weighted by Gasteiger charge is 2.23. The lowest BCUT2D eigenvalue weighted by atomic mass is 10.1. The Morgan fingerprint density at radius 1 is 0.775 bits per heavy atom. The molecule has 0 bridgehead atoms. The Bertz CT molecular complexity index is 1460. The zero-order valence-corrected chi connectivity index (χ0v) is 23.4. The molecule has 0 aliphatic rings. The number of aryl methyl sites for hydroxylation is 1. The minimum Gasteiger partial charge on any atom is -0.462 e. The lowest BCUT2D eigenvalue weighted by molar-refractivity contribution is -0.115. The van der Waals surface area contributed by atoms with Crippen molar-refractivity contribution in [3.8, 4) is 0 Å². The van der Waals surface area contributed by atoms with Crippen molar-refractivity contribution in [2.75, 3.05) is 17.2 Å². The maximum Gasteiger partial charge on any atom is 0.338 e. The molecule has 1 unspecified atom stereocenters. The van der Waals surface area contributed by atoms with Gasteiger partial charge in [0.15, 0.2) is 0 Å². The summed E-state index contributed by atoms with van der Waals surface area (Å²) < 4.78 is 5.26. The van der Waals surface area contributed by atoms with Gasteiger partial charge in [0.1, 0.15) is 5.25 Å². The molecular weight excluding hydrogens is 520 g/mol. The van der Waals surface area contributed by atoms with Crippen molar-refractivity contribution in [1.82, 2.24) is 0 Å². The molecule has 2 amide bonds. The van der Waals surface area contributed by atoms with E-state index in [9.17, 15) is 14.4 Å². The number of unbranched alkanes of at least 4 members (excludes halogenated alkanes) is 1. The predicted octanol–water partition coefficient (Wildman–Crippen LogP) is 7.68. The van der Waals surface area contributed by atoms with Crippen LogP contribution in [0.4, 0.5) is 11.4 Å². The van der Waals surface area contributed by atoms with Gasteiger partial charge in [-0.1, -0.05) is 67.4 Å². The lowest BCUT2D eigenvalue weighted by Crippen LogP contribution is -2.19. The van der Waals surface area contributed by atoms with Gasteiger partial charge in [-0.3, -0.25) is 9.59 Å². The van der Waals surface area contributed by atoms with Gasteiger partial charge in [0.2, 0.25) is 5.91 Å². The summed E-state index contributed by atoms with van der Waals surface area (Å²) in [5.41, 5.74) is 4.10. The molecule has 0 aliphatic carbocycles. The highest BCUT2D eigenvalue weighted by Crippen LogP contribution is 2.37. The van der Waals surface area contributed by atoms with Crippen LogP contribution in [0.15, 0.2) is 108 Å². The molecule has 0 saturated heterocycles. The molecule has 4 aromatic carbocycles. The van der Waals surface area contributed by atoms with Crippen LogP contribution in [0, 0.1) is 6.92 Å². The predicted molar refractivity (Wildman–Crippen MR) is 161 cm³/mol. The molecule has 0 radical (unpaired) electrons. The van der Waals surface area contributed by atoms with Crippen LogP contribution >= 0.6 is 11.8 Å². The molecule has 1 atom stereocenters. The number of esters is 1. The second-order valence-corrected chi connectivity index (χ2v) is 10.5. The number of anilines is 2. The highest BCUT2D eigenvalue weighted by atomic mass is 32.2. The number of benzene rings is 4. The van der Waals surface area contributed by atoms with Crippen LogP contribution in [0.5, 0.6) is 0 Å². The van der Waals surface area contributed by atoms with Crippen molar-refractivity contribution in [3.05, 3.63) is 125 Å². The van der Waals surface area contributed by atoms with Gasteiger partial charge in [0.25, 0.3) is 5.91 Å². The van der Waals surface area contributed by atoms with Crippen molar-refractivity contribution in [2.45, 2.75) is 36.8 Å². The average Bonchev–Trinajstić information content (AvgIpc) is 2.97. The van der Waals surface area contributed by atoms with Crippen LogP contribution < -0.4 is 10.6 Å². The summed E-state index contributed by atoms with van der Waals surface area (Å²) in [7, 11) is 0. The summed E-state index contributed by atoms with van der Waals surface area (Å²) in [5, 5.41) is 5.37. The summed E-state index contributed by atoms with van der Waals surface area (Å²) in [6, 6.07) is 31.1. The number of amides is 2. The fourth-order valence-electron chi connectivity index (χ4n) is 3.96. The number of hydrogen-bond donors (Lipinski definition) is 2. The largest absolute Gasteiger partial charge is 0.462 e. The number of nitrogens with one attached hydrogen (secondary N) is 2. The maximum atomic E-state index is 13.5. The molecule has 7 heteroatoms. The Morgan fingerprint density at radius 2 is 1.52 bits per heavy atom. The first-order chi connectivity index (χ1) is 19.4. The first kappa shape index (κ1) is 28.6. The quantitative estimate of drug-likeness (QED) is 0.113. The first-order valence-corrected chi connectivity index (χ1v) is 14.1. The molecule has 204 valence electrons. The van der Waals surface area contributed by atoms with Crippen LogP contribution in [-0.2, 0) is 9.53 Å². The normalized spacial score (nSPS) is 11.3. The number of rotatable bonds is 11. The van der Waals surface area contributed by atoms with Crippen LogP contribution in [0.1, 0.15) is 56.9 Å². The smallest absolute Gasteiger partial charge is 0.338 e. The lowest BCUT2D eigenvalue weighted by Gasteiger charge is -2.18. The van der Waals surface area contributed by atoms with E-state index >= 15 is 0 Å².